The Morgan fingerprint density at radius 1 is 1.04 bits per heavy atom. The summed E-state index contributed by atoms with van der Waals surface area (Å²) in [6, 6.07) is 6.77. The lowest BCUT2D eigenvalue weighted by Gasteiger charge is -2.09. The average molecular weight is 379 g/mol. The zero-order valence-corrected chi connectivity index (χ0v) is 16.0. The van der Waals surface area contributed by atoms with Crippen molar-refractivity contribution >= 4 is 27.3 Å². The molecule has 0 spiro atoms. The fraction of sp³-hybridized carbons (Fsp3) is 0.389. The van der Waals surface area contributed by atoms with E-state index in [1.54, 1.807) is 12.1 Å². The monoisotopic (exact) mass is 378 g/mol. The van der Waals surface area contributed by atoms with Crippen molar-refractivity contribution in [3.63, 3.8) is 0 Å². The van der Waals surface area contributed by atoms with E-state index in [0.29, 0.717) is 4.88 Å². The van der Waals surface area contributed by atoms with Crippen molar-refractivity contribution in [3.05, 3.63) is 50.7 Å². The molecular weight excluding hydrogens is 356 g/mol. The van der Waals surface area contributed by atoms with Gasteiger partial charge in [-0.1, -0.05) is 12.5 Å². The SMILES string of the molecule is Cc1ccc(S(=O)(=O)NNC(=O)c2cc3c(s2)CCCCC3)cc1C. The van der Waals surface area contributed by atoms with E-state index in [0.717, 1.165) is 36.8 Å². The van der Waals surface area contributed by atoms with E-state index in [1.165, 1.54) is 34.3 Å². The van der Waals surface area contributed by atoms with Crippen LogP contribution in [0.25, 0.3) is 0 Å². The Hall–Kier alpha value is -1.70. The molecule has 0 saturated carbocycles. The minimum absolute atomic E-state index is 0.137. The normalized spacial score (nSPS) is 14.6. The van der Waals surface area contributed by atoms with Crippen LogP contribution in [0.2, 0.25) is 0 Å². The number of hydrogen-bond acceptors (Lipinski definition) is 4. The molecule has 3 rings (SSSR count). The highest BCUT2D eigenvalue weighted by molar-refractivity contribution is 7.89. The fourth-order valence-electron chi connectivity index (χ4n) is 2.89. The number of nitrogens with one attached hydrogen (secondary N) is 2. The van der Waals surface area contributed by atoms with E-state index in [4.69, 9.17) is 0 Å². The third-order valence-corrected chi connectivity index (χ3v) is 7.04. The number of fused-ring (bicyclic) bond motifs is 1. The molecule has 0 aliphatic heterocycles. The molecule has 134 valence electrons. The number of hydrogen-bond donors (Lipinski definition) is 2. The summed E-state index contributed by atoms with van der Waals surface area (Å²) in [7, 11) is -3.79. The first-order chi connectivity index (χ1) is 11.9. The van der Waals surface area contributed by atoms with E-state index < -0.39 is 15.9 Å². The third-order valence-electron chi connectivity index (χ3n) is 4.56. The first-order valence-electron chi connectivity index (χ1n) is 8.38. The lowest BCUT2D eigenvalue weighted by Crippen LogP contribution is -2.41. The standard InChI is InChI=1S/C18H22N2O3S2/c1-12-8-9-15(10-13(12)2)25(22,23)20-19-18(21)17-11-14-6-4-3-5-7-16(14)24-17/h8-11,20H,3-7H2,1-2H3,(H,19,21). The van der Waals surface area contributed by atoms with E-state index in [2.05, 4.69) is 10.3 Å². The summed E-state index contributed by atoms with van der Waals surface area (Å²) in [5, 5.41) is 0. The van der Waals surface area contributed by atoms with Crippen molar-refractivity contribution in [1.82, 2.24) is 10.3 Å². The first-order valence-corrected chi connectivity index (χ1v) is 10.7. The van der Waals surface area contributed by atoms with E-state index >= 15 is 0 Å². The van der Waals surface area contributed by atoms with Gasteiger partial charge in [-0.3, -0.25) is 10.2 Å². The van der Waals surface area contributed by atoms with Gasteiger partial charge in [-0.25, -0.2) is 8.42 Å². The van der Waals surface area contributed by atoms with Gasteiger partial charge in [-0.15, -0.1) is 16.2 Å². The largest absolute Gasteiger partial charge is 0.276 e. The summed E-state index contributed by atoms with van der Waals surface area (Å²) in [5.74, 6) is -0.412. The highest BCUT2D eigenvalue weighted by Crippen LogP contribution is 2.28. The molecule has 0 radical (unpaired) electrons. The Kier molecular flexibility index (Phi) is 5.27. The van der Waals surface area contributed by atoms with Gasteiger partial charge in [0, 0.05) is 4.88 Å². The molecule has 7 heteroatoms. The zero-order chi connectivity index (χ0) is 18.0. The van der Waals surface area contributed by atoms with Crippen LogP contribution in [0.3, 0.4) is 0 Å². The minimum atomic E-state index is -3.79. The van der Waals surface area contributed by atoms with Crippen molar-refractivity contribution in [2.24, 2.45) is 0 Å². The summed E-state index contributed by atoms with van der Waals surface area (Å²) in [6.07, 6.45) is 5.51. The van der Waals surface area contributed by atoms with Crippen LogP contribution in [0.1, 0.15) is 50.5 Å². The lowest BCUT2D eigenvalue weighted by atomic mass is 10.1. The average Bonchev–Trinajstić information content (AvgIpc) is 2.86. The Labute approximate surface area is 152 Å². The number of rotatable bonds is 4. The van der Waals surface area contributed by atoms with Crippen LogP contribution in [0.15, 0.2) is 29.2 Å². The van der Waals surface area contributed by atoms with Gasteiger partial charge >= 0.3 is 0 Å². The second-order valence-corrected chi connectivity index (χ2v) is 9.24. The van der Waals surface area contributed by atoms with Crippen LogP contribution < -0.4 is 10.3 Å². The molecule has 1 aliphatic carbocycles. The number of sulfonamides is 1. The molecule has 1 aromatic carbocycles. The number of amides is 1. The molecule has 25 heavy (non-hydrogen) atoms. The number of carbonyl (C=O) groups is 1. The number of carbonyl (C=O) groups excluding carboxylic acids is 1. The number of hydrazine groups is 1. The zero-order valence-electron chi connectivity index (χ0n) is 14.4. The van der Waals surface area contributed by atoms with Crippen LogP contribution >= 0.6 is 11.3 Å². The van der Waals surface area contributed by atoms with Crippen LogP contribution in [-0.2, 0) is 22.9 Å². The lowest BCUT2D eigenvalue weighted by molar-refractivity contribution is 0.0949. The number of thiophene rings is 1. The maximum absolute atomic E-state index is 12.3. The molecule has 5 nitrogen and oxygen atoms in total. The van der Waals surface area contributed by atoms with Gasteiger partial charge in [0.25, 0.3) is 15.9 Å². The van der Waals surface area contributed by atoms with Gasteiger partial charge in [-0.05, 0) is 74.4 Å². The smallest absolute Gasteiger partial charge is 0.273 e. The highest BCUT2D eigenvalue weighted by atomic mass is 32.2. The summed E-state index contributed by atoms with van der Waals surface area (Å²) < 4.78 is 24.7. The Morgan fingerprint density at radius 2 is 1.80 bits per heavy atom. The van der Waals surface area contributed by atoms with E-state index in [-0.39, 0.29) is 4.90 Å². The third kappa shape index (κ3) is 4.11. The molecule has 2 aromatic rings. The molecule has 1 amide bonds. The van der Waals surface area contributed by atoms with E-state index in [9.17, 15) is 13.2 Å². The molecule has 0 fully saturated rings. The summed E-state index contributed by atoms with van der Waals surface area (Å²) in [5.41, 5.74) is 5.46. The van der Waals surface area contributed by atoms with Crippen LogP contribution in [0.4, 0.5) is 0 Å². The molecule has 0 atom stereocenters. The summed E-state index contributed by atoms with van der Waals surface area (Å²) in [4.78, 5) is 16.4. The maximum atomic E-state index is 12.3. The maximum Gasteiger partial charge on any atom is 0.276 e. The molecule has 0 unspecified atom stereocenters. The summed E-state index contributed by atoms with van der Waals surface area (Å²) >= 11 is 1.46. The topological polar surface area (TPSA) is 75.3 Å². The molecule has 0 bridgehead atoms. The van der Waals surface area contributed by atoms with Crippen molar-refractivity contribution < 1.29 is 13.2 Å². The van der Waals surface area contributed by atoms with Gasteiger partial charge < -0.3 is 0 Å². The number of benzene rings is 1. The van der Waals surface area contributed by atoms with E-state index in [1.807, 2.05) is 19.9 Å². The van der Waals surface area contributed by atoms with Crippen molar-refractivity contribution in [2.75, 3.05) is 0 Å². The first kappa shape index (κ1) is 18.1. The molecule has 1 aromatic heterocycles. The van der Waals surface area contributed by atoms with Gasteiger partial charge in [0.1, 0.15) is 0 Å². The van der Waals surface area contributed by atoms with Gasteiger partial charge in [0.15, 0.2) is 0 Å². The highest BCUT2D eigenvalue weighted by Gasteiger charge is 2.19. The quantitative estimate of drug-likeness (QED) is 0.633. The molecule has 0 saturated heterocycles. The second kappa shape index (κ2) is 7.27. The van der Waals surface area contributed by atoms with Crippen LogP contribution in [0, 0.1) is 13.8 Å². The molecule has 1 aliphatic rings. The molecule has 2 N–H and O–H groups in total. The van der Waals surface area contributed by atoms with Gasteiger partial charge in [-0.2, -0.15) is 0 Å². The number of aryl methyl sites for hydroxylation is 4. The minimum Gasteiger partial charge on any atom is -0.273 e. The Balaban J connectivity index is 1.70. The summed E-state index contributed by atoms with van der Waals surface area (Å²) in [6.45, 7) is 3.77. The van der Waals surface area contributed by atoms with Gasteiger partial charge in [0.2, 0.25) is 0 Å². The Morgan fingerprint density at radius 3 is 2.56 bits per heavy atom. The van der Waals surface area contributed by atoms with Gasteiger partial charge in [0.05, 0.1) is 9.77 Å². The van der Waals surface area contributed by atoms with Crippen LogP contribution in [-0.4, -0.2) is 14.3 Å². The molecule has 1 heterocycles. The van der Waals surface area contributed by atoms with Crippen molar-refractivity contribution in [1.29, 1.82) is 0 Å². The fourth-order valence-corrected chi connectivity index (χ4v) is 4.97. The second-order valence-electron chi connectivity index (χ2n) is 6.43. The predicted octanol–water partition coefficient (Wildman–Crippen LogP) is 3.26. The predicted molar refractivity (Wildman–Crippen MR) is 99.3 cm³/mol. The molecular formula is C18H22N2O3S2. The van der Waals surface area contributed by atoms with Crippen LogP contribution in [0.5, 0.6) is 0 Å². The van der Waals surface area contributed by atoms with Crippen molar-refractivity contribution in [2.45, 2.75) is 50.8 Å². The Bertz CT molecular complexity index is 878. The van der Waals surface area contributed by atoms with Crippen molar-refractivity contribution in [3.8, 4) is 0 Å².